The fourth-order valence-electron chi connectivity index (χ4n) is 1.66. The van der Waals surface area contributed by atoms with E-state index >= 15 is 0 Å². The van der Waals surface area contributed by atoms with Crippen molar-refractivity contribution in [1.29, 1.82) is 5.26 Å². The van der Waals surface area contributed by atoms with E-state index in [0.29, 0.717) is 23.3 Å². The Labute approximate surface area is 122 Å². The number of nitriles is 1. The maximum Gasteiger partial charge on any atom is 0.240 e. The third kappa shape index (κ3) is 4.71. The molecule has 1 aromatic carbocycles. The van der Waals surface area contributed by atoms with E-state index < -0.39 is 20.8 Å². The third-order valence-corrected chi connectivity index (χ3v) is 5.22. The van der Waals surface area contributed by atoms with Gasteiger partial charge >= 0.3 is 0 Å². The molecule has 0 spiro atoms. The first-order chi connectivity index (χ1) is 9.26. The Hall–Kier alpha value is -1.23. The number of nitrogens with one attached hydrogen (secondary N) is 1. The van der Waals surface area contributed by atoms with Crippen molar-refractivity contribution in [2.45, 2.75) is 31.2 Å². The summed E-state index contributed by atoms with van der Waals surface area (Å²) in [6.45, 7) is 3.43. The Kier molecular flexibility index (Phi) is 5.87. The van der Waals surface area contributed by atoms with Crippen LogP contribution in [0.4, 0.5) is 0 Å². The molecule has 0 radical (unpaired) electrons. The molecule has 0 aliphatic heterocycles. The van der Waals surface area contributed by atoms with E-state index in [-0.39, 0.29) is 10.9 Å². The van der Waals surface area contributed by atoms with Gasteiger partial charge in [0, 0.05) is 28.9 Å². The zero-order valence-corrected chi connectivity index (χ0v) is 13.3. The first kappa shape index (κ1) is 16.8. The molecular weight excluding hydrogens is 296 g/mol. The predicted octanol–water partition coefficient (Wildman–Crippen LogP) is 1.30. The second kappa shape index (κ2) is 6.97. The van der Waals surface area contributed by atoms with Crippen LogP contribution in [-0.4, -0.2) is 30.7 Å². The van der Waals surface area contributed by atoms with Crippen molar-refractivity contribution < 1.29 is 12.6 Å². The molecule has 0 bridgehead atoms. The topological polar surface area (TPSA) is 87.0 Å². The van der Waals surface area contributed by atoms with Crippen LogP contribution in [0.25, 0.3) is 0 Å². The van der Waals surface area contributed by atoms with Crippen molar-refractivity contribution >= 4 is 20.8 Å². The Morgan fingerprint density at radius 3 is 2.60 bits per heavy atom. The minimum Gasteiger partial charge on any atom is -0.260 e. The zero-order chi connectivity index (χ0) is 15.3. The molecule has 0 saturated carbocycles. The monoisotopic (exact) mass is 314 g/mol. The molecule has 1 N–H and O–H groups in total. The first-order valence-electron chi connectivity index (χ1n) is 6.09. The van der Waals surface area contributed by atoms with Crippen molar-refractivity contribution in [2.75, 3.05) is 12.0 Å². The summed E-state index contributed by atoms with van der Waals surface area (Å²) >= 11 is 0. The number of rotatable bonds is 6. The summed E-state index contributed by atoms with van der Waals surface area (Å²) in [4.78, 5) is 0.137. The van der Waals surface area contributed by atoms with Crippen LogP contribution in [0, 0.1) is 18.3 Å². The van der Waals surface area contributed by atoms with Crippen LogP contribution in [-0.2, 0) is 20.8 Å². The highest BCUT2D eigenvalue weighted by molar-refractivity contribution is 7.89. The lowest BCUT2D eigenvalue weighted by Crippen LogP contribution is -2.33. The predicted molar refractivity (Wildman–Crippen MR) is 79.2 cm³/mol. The molecule has 20 heavy (non-hydrogen) atoms. The molecular formula is C13H18N2O3S2. The summed E-state index contributed by atoms with van der Waals surface area (Å²) in [5, 5.41) is 8.84. The van der Waals surface area contributed by atoms with Gasteiger partial charge in [-0.3, -0.25) is 4.21 Å². The molecule has 0 aliphatic carbocycles. The van der Waals surface area contributed by atoms with E-state index in [1.165, 1.54) is 18.2 Å². The summed E-state index contributed by atoms with van der Waals surface area (Å²) in [6, 6.07) is 6.10. The molecule has 2 atom stereocenters. The first-order valence-corrected chi connectivity index (χ1v) is 9.30. The Bertz CT molecular complexity index is 648. The van der Waals surface area contributed by atoms with E-state index in [9.17, 15) is 12.6 Å². The summed E-state index contributed by atoms with van der Waals surface area (Å²) in [5.41, 5.74) is 1.08. The number of hydrogen-bond donors (Lipinski definition) is 1. The average molecular weight is 314 g/mol. The van der Waals surface area contributed by atoms with Crippen molar-refractivity contribution in [3.63, 3.8) is 0 Å². The molecule has 0 fully saturated rings. The van der Waals surface area contributed by atoms with Crippen molar-refractivity contribution in [2.24, 2.45) is 0 Å². The number of sulfonamides is 1. The molecule has 1 rings (SSSR count). The second-order valence-electron chi connectivity index (χ2n) is 4.68. The largest absolute Gasteiger partial charge is 0.260 e. The third-order valence-electron chi connectivity index (χ3n) is 2.82. The molecule has 0 saturated heterocycles. The zero-order valence-electron chi connectivity index (χ0n) is 11.7. The van der Waals surface area contributed by atoms with Crippen LogP contribution < -0.4 is 4.72 Å². The molecule has 110 valence electrons. The number of hydrogen-bond acceptors (Lipinski definition) is 4. The van der Waals surface area contributed by atoms with Crippen LogP contribution in [0.3, 0.4) is 0 Å². The van der Waals surface area contributed by atoms with Gasteiger partial charge < -0.3 is 0 Å². The standard InChI is InChI=1S/C13H18N2O3S2/c1-10-8-13(5-4-12(10)9-14)20(17,18)15-11(2)6-7-19(3)16/h4-5,8,11,15H,6-7H2,1-3H3. The van der Waals surface area contributed by atoms with Gasteiger partial charge in [0.15, 0.2) is 0 Å². The molecule has 5 nitrogen and oxygen atoms in total. The molecule has 0 heterocycles. The fourth-order valence-corrected chi connectivity index (χ4v) is 3.71. The Morgan fingerprint density at radius 2 is 2.10 bits per heavy atom. The fraction of sp³-hybridized carbons (Fsp3) is 0.462. The van der Waals surface area contributed by atoms with Gasteiger partial charge in [0.2, 0.25) is 10.0 Å². The Morgan fingerprint density at radius 1 is 1.45 bits per heavy atom. The second-order valence-corrected chi connectivity index (χ2v) is 7.95. The van der Waals surface area contributed by atoms with E-state index in [0.717, 1.165) is 0 Å². The summed E-state index contributed by atoms with van der Waals surface area (Å²) in [5.74, 6) is 0.454. The highest BCUT2D eigenvalue weighted by Gasteiger charge is 2.18. The van der Waals surface area contributed by atoms with Gasteiger partial charge in [0.05, 0.1) is 16.5 Å². The molecule has 0 aromatic heterocycles. The van der Waals surface area contributed by atoms with Crippen LogP contribution in [0.1, 0.15) is 24.5 Å². The van der Waals surface area contributed by atoms with E-state index in [1.807, 2.05) is 6.07 Å². The quantitative estimate of drug-likeness (QED) is 0.857. The van der Waals surface area contributed by atoms with Crippen LogP contribution >= 0.6 is 0 Å². The maximum atomic E-state index is 12.2. The molecule has 1 aromatic rings. The minimum absolute atomic E-state index is 0.137. The molecule has 0 aliphatic rings. The van der Waals surface area contributed by atoms with Gasteiger partial charge in [-0.2, -0.15) is 5.26 Å². The van der Waals surface area contributed by atoms with Gasteiger partial charge in [-0.1, -0.05) is 0 Å². The number of aryl methyl sites for hydroxylation is 1. The molecule has 2 unspecified atom stereocenters. The van der Waals surface area contributed by atoms with Gasteiger partial charge in [-0.05, 0) is 44.0 Å². The van der Waals surface area contributed by atoms with Crippen molar-refractivity contribution in [1.82, 2.24) is 4.72 Å². The number of nitrogens with zero attached hydrogens (tertiary/aromatic N) is 1. The maximum absolute atomic E-state index is 12.2. The number of benzene rings is 1. The minimum atomic E-state index is -3.61. The van der Waals surface area contributed by atoms with Crippen LogP contribution in [0.15, 0.2) is 23.1 Å². The van der Waals surface area contributed by atoms with Crippen molar-refractivity contribution in [3.05, 3.63) is 29.3 Å². The SMILES string of the molecule is Cc1cc(S(=O)(=O)NC(C)CCS(C)=O)ccc1C#N. The highest BCUT2D eigenvalue weighted by Crippen LogP contribution is 2.15. The van der Waals surface area contributed by atoms with Crippen molar-refractivity contribution in [3.8, 4) is 6.07 Å². The normalized spacial score (nSPS) is 14.5. The van der Waals surface area contributed by atoms with Gasteiger partial charge in [-0.15, -0.1) is 0 Å². The average Bonchev–Trinajstić information content (AvgIpc) is 2.35. The van der Waals surface area contributed by atoms with Gasteiger partial charge in [-0.25, -0.2) is 13.1 Å². The smallest absolute Gasteiger partial charge is 0.240 e. The summed E-state index contributed by atoms with van der Waals surface area (Å²) < 4.78 is 37.9. The Balaban J connectivity index is 2.86. The lowest BCUT2D eigenvalue weighted by Gasteiger charge is -2.14. The van der Waals surface area contributed by atoms with E-state index in [1.54, 1.807) is 20.1 Å². The van der Waals surface area contributed by atoms with Gasteiger partial charge in [0.1, 0.15) is 0 Å². The van der Waals surface area contributed by atoms with Crippen LogP contribution in [0.5, 0.6) is 0 Å². The van der Waals surface area contributed by atoms with Crippen LogP contribution in [0.2, 0.25) is 0 Å². The van der Waals surface area contributed by atoms with Gasteiger partial charge in [0.25, 0.3) is 0 Å². The van der Waals surface area contributed by atoms with E-state index in [2.05, 4.69) is 4.72 Å². The van der Waals surface area contributed by atoms with E-state index in [4.69, 9.17) is 5.26 Å². The lowest BCUT2D eigenvalue weighted by atomic mass is 10.1. The summed E-state index contributed by atoms with van der Waals surface area (Å²) in [6.07, 6.45) is 2.10. The lowest BCUT2D eigenvalue weighted by molar-refractivity contribution is 0.555. The molecule has 7 heteroatoms. The highest BCUT2D eigenvalue weighted by atomic mass is 32.2. The molecule has 0 amide bonds. The summed E-state index contributed by atoms with van der Waals surface area (Å²) in [7, 11) is -4.55.